The average Bonchev–Trinajstić information content (AvgIpc) is 2.78. The maximum atomic E-state index is 13.4. The number of hydrogen-bond acceptors (Lipinski definition) is 2. The van der Waals surface area contributed by atoms with Crippen molar-refractivity contribution in [3.8, 4) is 0 Å². The molecule has 0 radical (unpaired) electrons. The second kappa shape index (κ2) is 5.54. The molecule has 2 aromatic rings. The van der Waals surface area contributed by atoms with Crippen LogP contribution in [0, 0.1) is 5.82 Å². The third kappa shape index (κ3) is 2.58. The first-order valence-electron chi connectivity index (χ1n) is 7.35. The lowest BCUT2D eigenvalue weighted by atomic mass is 10.1. The lowest BCUT2D eigenvalue weighted by molar-refractivity contribution is 0.148. The van der Waals surface area contributed by atoms with Crippen molar-refractivity contribution >= 4 is 10.9 Å². The van der Waals surface area contributed by atoms with E-state index in [2.05, 4.69) is 34.5 Å². The van der Waals surface area contributed by atoms with Gasteiger partial charge >= 0.3 is 0 Å². The van der Waals surface area contributed by atoms with Crippen molar-refractivity contribution in [3.05, 3.63) is 35.8 Å². The van der Waals surface area contributed by atoms with Crippen molar-refractivity contribution in [2.45, 2.75) is 20.0 Å². The summed E-state index contributed by atoms with van der Waals surface area (Å²) in [5.74, 6) is -0.156. The number of halogens is 1. The van der Waals surface area contributed by atoms with Gasteiger partial charge in [0.2, 0.25) is 0 Å². The lowest BCUT2D eigenvalue weighted by Gasteiger charge is -2.32. The van der Waals surface area contributed by atoms with Crippen LogP contribution in [0.3, 0.4) is 0 Å². The van der Waals surface area contributed by atoms with Gasteiger partial charge in [-0.3, -0.25) is 4.90 Å². The summed E-state index contributed by atoms with van der Waals surface area (Å²) < 4.78 is 15.6. The predicted molar refractivity (Wildman–Crippen MR) is 80.3 cm³/mol. The van der Waals surface area contributed by atoms with Crippen LogP contribution in [-0.2, 0) is 13.1 Å². The summed E-state index contributed by atoms with van der Waals surface area (Å²) in [4.78, 5) is 4.85. The third-order valence-electron chi connectivity index (χ3n) is 4.26. The fraction of sp³-hybridized carbons (Fsp3) is 0.500. The number of hydrogen-bond donors (Lipinski definition) is 0. The molecule has 0 unspecified atom stereocenters. The first kappa shape index (κ1) is 13.6. The molecule has 1 saturated heterocycles. The molecule has 0 atom stereocenters. The molecule has 0 spiro atoms. The van der Waals surface area contributed by atoms with Crippen molar-refractivity contribution < 1.29 is 4.39 Å². The monoisotopic (exact) mass is 275 g/mol. The molecule has 1 aromatic heterocycles. The van der Waals surface area contributed by atoms with E-state index < -0.39 is 0 Å². The van der Waals surface area contributed by atoms with Gasteiger partial charge in [-0.05, 0) is 37.7 Å². The van der Waals surface area contributed by atoms with Crippen molar-refractivity contribution in [2.75, 3.05) is 33.2 Å². The average molecular weight is 275 g/mol. The van der Waals surface area contributed by atoms with Crippen LogP contribution in [0.4, 0.5) is 4.39 Å². The van der Waals surface area contributed by atoms with Crippen molar-refractivity contribution in [2.24, 2.45) is 0 Å². The molecule has 0 saturated carbocycles. The van der Waals surface area contributed by atoms with E-state index in [1.165, 1.54) is 10.9 Å². The van der Waals surface area contributed by atoms with E-state index >= 15 is 0 Å². The molecule has 0 amide bonds. The Hall–Kier alpha value is -1.39. The van der Waals surface area contributed by atoms with E-state index in [1.54, 1.807) is 12.1 Å². The van der Waals surface area contributed by atoms with Crippen LogP contribution in [0.25, 0.3) is 10.9 Å². The minimum absolute atomic E-state index is 0.156. The van der Waals surface area contributed by atoms with E-state index in [0.29, 0.717) is 0 Å². The summed E-state index contributed by atoms with van der Waals surface area (Å²) in [5, 5.41) is 1.19. The van der Waals surface area contributed by atoms with Crippen molar-refractivity contribution in [1.29, 1.82) is 0 Å². The molecule has 4 heteroatoms. The number of fused-ring (bicyclic) bond motifs is 1. The number of benzene rings is 1. The molecule has 2 heterocycles. The fourth-order valence-electron chi connectivity index (χ4n) is 2.98. The summed E-state index contributed by atoms with van der Waals surface area (Å²) in [5.41, 5.74) is 2.32. The van der Waals surface area contributed by atoms with Gasteiger partial charge in [-0.25, -0.2) is 4.39 Å². The maximum absolute atomic E-state index is 13.4. The predicted octanol–water partition coefficient (Wildman–Crippen LogP) is 2.55. The largest absolute Gasteiger partial charge is 0.347 e. The van der Waals surface area contributed by atoms with Crippen LogP contribution in [0.1, 0.15) is 12.5 Å². The van der Waals surface area contributed by atoms with Crippen molar-refractivity contribution in [1.82, 2.24) is 14.4 Å². The number of likely N-dealkylation sites (N-methyl/N-ethyl adjacent to an activating group) is 1. The van der Waals surface area contributed by atoms with Gasteiger partial charge in [0.05, 0.1) is 5.52 Å². The number of aromatic nitrogens is 1. The van der Waals surface area contributed by atoms with Gasteiger partial charge in [0.1, 0.15) is 5.82 Å². The van der Waals surface area contributed by atoms with Crippen LogP contribution in [0.2, 0.25) is 0 Å². The summed E-state index contributed by atoms with van der Waals surface area (Å²) in [6.45, 7) is 8.41. The molecule has 0 aliphatic carbocycles. The lowest BCUT2D eigenvalue weighted by Crippen LogP contribution is -2.43. The summed E-state index contributed by atoms with van der Waals surface area (Å²) >= 11 is 0. The topological polar surface area (TPSA) is 11.4 Å². The van der Waals surface area contributed by atoms with Gasteiger partial charge in [-0.15, -0.1) is 0 Å². The van der Waals surface area contributed by atoms with Crippen LogP contribution in [0.5, 0.6) is 0 Å². The zero-order chi connectivity index (χ0) is 14.1. The molecule has 3 rings (SSSR count). The van der Waals surface area contributed by atoms with Crippen LogP contribution in [0.15, 0.2) is 24.4 Å². The van der Waals surface area contributed by atoms with E-state index in [0.717, 1.165) is 44.8 Å². The smallest absolute Gasteiger partial charge is 0.125 e. The summed E-state index contributed by atoms with van der Waals surface area (Å²) in [7, 11) is 2.17. The highest BCUT2D eigenvalue weighted by Crippen LogP contribution is 2.24. The second-order valence-electron chi connectivity index (χ2n) is 5.68. The number of nitrogens with zero attached hydrogens (tertiary/aromatic N) is 3. The van der Waals surface area contributed by atoms with E-state index in [4.69, 9.17) is 0 Å². The SMILES string of the molecule is CCn1cc(CN2CCN(C)CC2)c2ccc(F)cc21. The quantitative estimate of drug-likeness (QED) is 0.853. The van der Waals surface area contributed by atoms with Gasteiger partial charge in [-0.2, -0.15) is 0 Å². The van der Waals surface area contributed by atoms with Crippen LogP contribution in [-0.4, -0.2) is 47.6 Å². The Bertz CT molecular complexity index is 597. The zero-order valence-electron chi connectivity index (χ0n) is 12.3. The highest BCUT2D eigenvalue weighted by Gasteiger charge is 2.16. The standard InChI is InChI=1S/C16H22FN3/c1-3-20-12-13(11-19-8-6-18(2)7-9-19)15-5-4-14(17)10-16(15)20/h4-5,10,12H,3,6-9,11H2,1-2H3. The molecule has 20 heavy (non-hydrogen) atoms. The van der Waals surface area contributed by atoms with Gasteiger partial charge in [0.25, 0.3) is 0 Å². The Morgan fingerprint density at radius 1 is 1.15 bits per heavy atom. The first-order valence-corrected chi connectivity index (χ1v) is 7.35. The highest BCUT2D eigenvalue weighted by molar-refractivity contribution is 5.84. The molecule has 108 valence electrons. The molecule has 0 N–H and O–H groups in total. The van der Waals surface area contributed by atoms with E-state index in [9.17, 15) is 4.39 Å². The van der Waals surface area contributed by atoms with Crippen LogP contribution >= 0.6 is 0 Å². The molecular formula is C16H22FN3. The Morgan fingerprint density at radius 3 is 2.60 bits per heavy atom. The fourth-order valence-corrected chi connectivity index (χ4v) is 2.98. The number of piperazine rings is 1. The molecule has 1 aliphatic heterocycles. The van der Waals surface area contributed by atoms with Gasteiger partial charge in [0.15, 0.2) is 0 Å². The Morgan fingerprint density at radius 2 is 1.90 bits per heavy atom. The van der Waals surface area contributed by atoms with E-state index in [-0.39, 0.29) is 5.82 Å². The molecule has 3 nitrogen and oxygen atoms in total. The van der Waals surface area contributed by atoms with E-state index in [1.807, 2.05) is 6.07 Å². The van der Waals surface area contributed by atoms with Crippen molar-refractivity contribution in [3.63, 3.8) is 0 Å². The third-order valence-corrected chi connectivity index (χ3v) is 4.26. The summed E-state index contributed by atoms with van der Waals surface area (Å²) in [6.07, 6.45) is 2.18. The Labute approximate surface area is 119 Å². The molecular weight excluding hydrogens is 253 g/mol. The highest BCUT2D eigenvalue weighted by atomic mass is 19.1. The molecule has 1 fully saturated rings. The Kier molecular flexibility index (Phi) is 3.76. The molecule has 1 aromatic carbocycles. The maximum Gasteiger partial charge on any atom is 0.125 e. The van der Waals surface area contributed by atoms with Gasteiger partial charge < -0.3 is 9.47 Å². The second-order valence-corrected chi connectivity index (χ2v) is 5.68. The minimum Gasteiger partial charge on any atom is -0.347 e. The normalized spacial score (nSPS) is 17.9. The van der Waals surface area contributed by atoms with Crippen LogP contribution < -0.4 is 0 Å². The number of aryl methyl sites for hydroxylation is 1. The van der Waals surface area contributed by atoms with Gasteiger partial charge in [-0.1, -0.05) is 0 Å². The first-order chi connectivity index (χ1) is 9.67. The molecule has 0 bridgehead atoms. The van der Waals surface area contributed by atoms with Gasteiger partial charge in [0, 0.05) is 50.9 Å². The molecule has 1 aliphatic rings. The zero-order valence-corrected chi connectivity index (χ0v) is 12.3. The Balaban J connectivity index is 1.88. The minimum atomic E-state index is -0.156. The summed E-state index contributed by atoms with van der Waals surface area (Å²) in [6, 6.07) is 5.13. The number of rotatable bonds is 3.